The summed E-state index contributed by atoms with van der Waals surface area (Å²) in [5, 5.41) is 3.22. The number of rotatable bonds is 7. The van der Waals surface area contributed by atoms with Crippen LogP contribution in [-0.4, -0.2) is 27.5 Å². The first-order chi connectivity index (χ1) is 15.8. The summed E-state index contributed by atoms with van der Waals surface area (Å²) < 4.78 is 5.90. The second-order valence-corrected chi connectivity index (χ2v) is 9.65. The van der Waals surface area contributed by atoms with Crippen molar-refractivity contribution < 1.29 is 9.53 Å². The predicted molar refractivity (Wildman–Crippen MR) is 129 cm³/mol. The second-order valence-electron chi connectivity index (χ2n) is 9.65. The largest absolute Gasteiger partial charge is 0.493 e. The SMILES string of the molecule is Cc1cccc(OCCCC(=O)NC2CC(C)(C)Cc3nc(-c4ccncc4)ncc32)c1C. The first-order valence-electron chi connectivity index (χ1n) is 11.6. The molecular weight excluding hydrogens is 412 g/mol. The van der Waals surface area contributed by atoms with Crippen molar-refractivity contribution in [3.63, 3.8) is 0 Å². The summed E-state index contributed by atoms with van der Waals surface area (Å²) in [6.07, 6.45) is 8.18. The summed E-state index contributed by atoms with van der Waals surface area (Å²) in [4.78, 5) is 26.2. The third kappa shape index (κ3) is 5.56. The van der Waals surface area contributed by atoms with Gasteiger partial charge in [0.2, 0.25) is 5.91 Å². The van der Waals surface area contributed by atoms with E-state index >= 15 is 0 Å². The van der Waals surface area contributed by atoms with Gasteiger partial charge in [-0.1, -0.05) is 26.0 Å². The summed E-state index contributed by atoms with van der Waals surface area (Å²) in [7, 11) is 0. The minimum Gasteiger partial charge on any atom is -0.493 e. The normalized spacial score (nSPS) is 16.7. The number of hydrogen-bond donors (Lipinski definition) is 1. The first-order valence-corrected chi connectivity index (χ1v) is 11.6. The molecule has 1 aliphatic carbocycles. The topological polar surface area (TPSA) is 77.0 Å². The minimum atomic E-state index is -0.0809. The van der Waals surface area contributed by atoms with Gasteiger partial charge in [0.15, 0.2) is 5.82 Å². The fourth-order valence-corrected chi connectivity index (χ4v) is 4.38. The molecule has 1 atom stereocenters. The van der Waals surface area contributed by atoms with E-state index in [2.05, 4.69) is 49.0 Å². The van der Waals surface area contributed by atoms with Crippen LogP contribution >= 0.6 is 0 Å². The molecule has 2 aromatic heterocycles. The molecule has 4 rings (SSSR count). The van der Waals surface area contributed by atoms with Crippen molar-refractivity contribution in [2.45, 2.75) is 59.4 Å². The average Bonchev–Trinajstić information content (AvgIpc) is 2.79. The van der Waals surface area contributed by atoms with Crippen LogP contribution in [0.2, 0.25) is 0 Å². The van der Waals surface area contributed by atoms with E-state index < -0.39 is 0 Å². The number of aryl methyl sites for hydroxylation is 1. The molecule has 2 heterocycles. The van der Waals surface area contributed by atoms with E-state index in [-0.39, 0.29) is 17.4 Å². The number of fused-ring (bicyclic) bond motifs is 1. The smallest absolute Gasteiger partial charge is 0.220 e. The van der Waals surface area contributed by atoms with Crippen LogP contribution in [0.25, 0.3) is 11.4 Å². The zero-order valence-electron chi connectivity index (χ0n) is 19.9. The molecule has 0 aliphatic heterocycles. The van der Waals surface area contributed by atoms with Crippen molar-refractivity contribution in [2.75, 3.05) is 6.61 Å². The number of benzene rings is 1. The van der Waals surface area contributed by atoms with Gasteiger partial charge in [0.05, 0.1) is 18.3 Å². The Morgan fingerprint density at radius 2 is 1.97 bits per heavy atom. The number of carbonyl (C=O) groups is 1. The van der Waals surface area contributed by atoms with Crippen LogP contribution in [0.3, 0.4) is 0 Å². The van der Waals surface area contributed by atoms with Crippen molar-refractivity contribution in [1.82, 2.24) is 20.3 Å². The third-order valence-electron chi connectivity index (χ3n) is 6.31. The van der Waals surface area contributed by atoms with E-state index in [1.807, 2.05) is 30.5 Å². The van der Waals surface area contributed by atoms with Crippen LogP contribution in [0.4, 0.5) is 0 Å². The average molecular weight is 445 g/mol. The molecule has 6 nitrogen and oxygen atoms in total. The lowest BCUT2D eigenvalue weighted by Crippen LogP contribution is -2.37. The number of pyridine rings is 1. The van der Waals surface area contributed by atoms with Gasteiger partial charge in [0.1, 0.15) is 5.75 Å². The fraction of sp³-hybridized carbons (Fsp3) is 0.407. The summed E-state index contributed by atoms with van der Waals surface area (Å²) in [6.45, 7) is 9.09. The molecule has 0 bridgehead atoms. The Balaban J connectivity index is 1.38. The van der Waals surface area contributed by atoms with E-state index in [9.17, 15) is 4.79 Å². The highest BCUT2D eigenvalue weighted by Crippen LogP contribution is 2.40. The van der Waals surface area contributed by atoms with Gasteiger partial charge >= 0.3 is 0 Å². The van der Waals surface area contributed by atoms with Gasteiger partial charge in [-0.3, -0.25) is 9.78 Å². The zero-order chi connectivity index (χ0) is 23.4. The zero-order valence-corrected chi connectivity index (χ0v) is 19.9. The van der Waals surface area contributed by atoms with Crippen LogP contribution in [-0.2, 0) is 11.2 Å². The van der Waals surface area contributed by atoms with Crippen molar-refractivity contribution in [3.8, 4) is 17.1 Å². The van der Waals surface area contributed by atoms with Crippen LogP contribution in [0.15, 0.2) is 48.9 Å². The van der Waals surface area contributed by atoms with Crippen molar-refractivity contribution in [1.29, 1.82) is 0 Å². The molecule has 0 radical (unpaired) electrons. The van der Waals surface area contributed by atoms with Gasteiger partial charge in [-0.25, -0.2) is 9.97 Å². The van der Waals surface area contributed by atoms with Crippen molar-refractivity contribution in [2.24, 2.45) is 5.41 Å². The van der Waals surface area contributed by atoms with Crippen LogP contribution in [0, 0.1) is 19.3 Å². The summed E-state index contributed by atoms with van der Waals surface area (Å²) in [5.41, 5.74) is 5.37. The minimum absolute atomic E-state index is 0.0337. The first kappa shape index (κ1) is 22.9. The van der Waals surface area contributed by atoms with Crippen molar-refractivity contribution >= 4 is 5.91 Å². The van der Waals surface area contributed by atoms with E-state index in [4.69, 9.17) is 9.72 Å². The van der Waals surface area contributed by atoms with Gasteiger partial charge in [0, 0.05) is 36.1 Å². The molecule has 172 valence electrons. The molecular formula is C27H32N4O2. The lowest BCUT2D eigenvalue weighted by Gasteiger charge is -2.36. The molecule has 1 N–H and O–H groups in total. The second kappa shape index (κ2) is 9.69. The third-order valence-corrected chi connectivity index (χ3v) is 6.31. The fourth-order valence-electron chi connectivity index (χ4n) is 4.38. The monoisotopic (exact) mass is 444 g/mol. The Labute approximate surface area is 195 Å². The predicted octanol–water partition coefficient (Wildman–Crippen LogP) is 5.14. The van der Waals surface area contributed by atoms with E-state index in [1.165, 1.54) is 5.56 Å². The number of nitrogens with zero attached hydrogens (tertiary/aromatic N) is 3. The van der Waals surface area contributed by atoms with Crippen molar-refractivity contribution in [3.05, 3.63) is 71.3 Å². The van der Waals surface area contributed by atoms with E-state index in [0.29, 0.717) is 25.3 Å². The lowest BCUT2D eigenvalue weighted by atomic mass is 9.74. The summed E-state index contributed by atoms with van der Waals surface area (Å²) >= 11 is 0. The van der Waals surface area contributed by atoms with Gasteiger partial charge < -0.3 is 10.1 Å². The number of amides is 1. The van der Waals surface area contributed by atoms with Gasteiger partial charge in [0.25, 0.3) is 0 Å². The molecule has 6 heteroatoms. The number of nitrogens with one attached hydrogen (secondary N) is 1. The Morgan fingerprint density at radius 3 is 2.76 bits per heavy atom. The molecule has 3 aromatic rings. The highest BCUT2D eigenvalue weighted by atomic mass is 16.5. The van der Waals surface area contributed by atoms with E-state index in [1.54, 1.807) is 12.4 Å². The lowest BCUT2D eigenvalue weighted by molar-refractivity contribution is -0.122. The summed E-state index contributed by atoms with van der Waals surface area (Å²) in [6, 6.07) is 9.79. The van der Waals surface area contributed by atoms with Gasteiger partial charge in [-0.15, -0.1) is 0 Å². The Kier molecular flexibility index (Phi) is 6.72. The maximum absolute atomic E-state index is 12.7. The van der Waals surface area contributed by atoms with E-state index in [0.717, 1.165) is 41.0 Å². The summed E-state index contributed by atoms with van der Waals surface area (Å²) in [5.74, 6) is 1.62. The number of carbonyl (C=O) groups excluding carboxylic acids is 1. The van der Waals surface area contributed by atoms with Crippen LogP contribution in [0.1, 0.15) is 61.5 Å². The Hall–Kier alpha value is -3.28. The molecule has 33 heavy (non-hydrogen) atoms. The standard InChI is InChI=1S/C27H32N4O2/c1-18-7-5-8-24(19(18)2)33-14-6-9-25(32)30-22-15-27(3,4)16-23-21(22)17-29-26(31-23)20-10-12-28-13-11-20/h5,7-8,10-13,17,22H,6,9,14-16H2,1-4H3,(H,30,32). The quantitative estimate of drug-likeness (QED) is 0.510. The molecule has 0 saturated carbocycles. The maximum Gasteiger partial charge on any atom is 0.220 e. The molecule has 0 spiro atoms. The van der Waals surface area contributed by atoms with Gasteiger partial charge in [-0.05, 0) is 67.9 Å². The Bertz CT molecular complexity index is 1130. The molecule has 1 amide bonds. The highest BCUT2D eigenvalue weighted by molar-refractivity contribution is 5.76. The highest BCUT2D eigenvalue weighted by Gasteiger charge is 2.34. The van der Waals surface area contributed by atoms with Crippen LogP contribution in [0.5, 0.6) is 5.75 Å². The maximum atomic E-state index is 12.7. The number of aromatic nitrogens is 3. The molecule has 0 saturated heterocycles. The number of ether oxygens (including phenoxy) is 1. The molecule has 1 unspecified atom stereocenters. The molecule has 1 aliphatic rings. The van der Waals surface area contributed by atoms with Gasteiger partial charge in [-0.2, -0.15) is 0 Å². The molecule has 0 fully saturated rings. The Morgan fingerprint density at radius 1 is 1.18 bits per heavy atom. The molecule has 1 aromatic carbocycles. The van der Waals surface area contributed by atoms with Crippen LogP contribution < -0.4 is 10.1 Å². The number of hydrogen-bond acceptors (Lipinski definition) is 5.